The normalized spacial score (nSPS) is 32.3. The maximum atomic E-state index is 10.9. The second-order valence-electron chi connectivity index (χ2n) is 6.82. The summed E-state index contributed by atoms with van der Waals surface area (Å²) in [7, 11) is 0. The SMILES string of the molecule is C#CC1(O)[C@@H](COc2ccc3ccc(Cl)nc3c2)O[C@@H]2OC(C)(C)O[C@@H]21. The van der Waals surface area contributed by atoms with Gasteiger partial charge in [-0.3, -0.25) is 0 Å². The quantitative estimate of drug-likeness (QED) is 0.656. The number of terminal acetylenes is 1. The van der Waals surface area contributed by atoms with Crippen molar-refractivity contribution < 1.29 is 24.1 Å². The number of hydrogen-bond acceptors (Lipinski definition) is 6. The summed E-state index contributed by atoms with van der Waals surface area (Å²) < 4.78 is 22.9. The molecule has 0 radical (unpaired) electrons. The molecule has 2 aromatic rings. The lowest BCUT2D eigenvalue weighted by molar-refractivity contribution is -0.224. The zero-order chi connectivity index (χ0) is 18.5. The van der Waals surface area contributed by atoms with Crippen molar-refractivity contribution in [2.45, 2.75) is 43.7 Å². The maximum Gasteiger partial charge on any atom is 0.191 e. The molecule has 2 saturated heterocycles. The minimum Gasteiger partial charge on any atom is -0.491 e. The van der Waals surface area contributed by atoms with E-state index in [2.05, 4.69) is 10.9 Å². The lowest BCUT2D eigenvalue weighted by Gasteiger charge is -2.29. The van der Waals surface area contributed by atoms with Gasteiger partial charge in [-0.25, -0.2) is 4.98 Å². The van der Waals surface area contributed by atoms with E-state index in [9.17, 15) is 5.11 Å². The van der Waals surface area contributed by atoms with Crippen molar-refractivity contribution in [1.29, 1.82) is 0 Å². The molecule has 136 valence electrons. The fraction of sp³-hybridized carbons (Fsp3) is 0.421. The average molecular weight is 376 g/mol. The fourth-order valence-corrected chi connectivity index (χ4v) is 3.41. The standard InChI is InChI=1S/C19H18ClNO5/c1-4-19(22)14(24-17-16(19)25-18(2,3)26-17)10-23-12-7-5-11-6-8-15(20)21-13(11)9-12/h1,5-9,14,16-17,22H,10H2,2-3H3/t14-,16+,17-,19?/m1/s1. The van der Waals surface area contributed by atoms with E-state index in [-0.39, 0.29) is 6.61 Å². The number of aromatic nitrogens is 1. The number of pyridine rings is 1. The molecule has 0 bridgehead atoms. The molecular formula is C19H18ClNO5. The Bertz CT molecular complexity index is 895. The zero-order valence-corrected chi connectivity index (χ0v) is 15.1. The Hall–Kier alpha value is -1.88. The van der Waals surface area contributed by atoms with Gasteiger partial charge in [-0.05, 0) is 38.1 Å². The van der Waals surface area contributed by atoms with E-state index in [0.29, 0.717) is 16.4 Å². The van der Waals surface area contributed by atoms with Crippen molar-refractivity contribution in [2.24, 2.45) is 0 Å². The van der Waals surface area contributed by atoms with Crippen LogP contribution < -0.4 is 4.74 Å². The summed E-state index contributed by atoms with van der Waals surface area (Å²) in [4.78, 5) is 4.26. The van der Waals surface area contributed by atoms with E-state index in [1.54, 1.807) is 32.0 Å². The van der Waals surface area contributed by atoms with Crippen LogP contribution >= 0.6 is 11.6 Å². The summed E-state index contributed by atoms with van der Waals surface area (Å²) in [6.07, 6.45) is 3.27. The van der Waals surface area contributed by atoms with Crippen molar-refractivity contribution in [3.8, 4) is 18.1 Å². The smallest absolute Gasteiger partial charge is 0.191 e. The van der Waals surface area contributed by atoms with Crippen LogP contribution in [0.5, 0.6) is 5.75 Å². The maximum absolute atomic E-state index is 10.9. The molecule has 1 aromatic heterocycles. The molecule has 2 aliphatic heterocycles. The third-order valence-corrected chi connectivity index (χ3v) is 4.75. The Morgan fingerprint density at radius 1 is 1.31 bits per heavy atom. The molecule has 6 nitrogen and oxygen atoms in total. The summed E-state index contributed by atoms with van der Waals surface area (Å²) in [5.41, 5.74) is -0.934. The van der Waals surface area contributed by atoms with E-state index in [1.807, 2.05) is 12.1 Å². The van der Waals surface area contributed by atoms with Crippen molar-refractivity contribution in [3.63, 3.8) is 0 Å². The number of halogens is 1. The number of hydrogen-bond donors (Lipinski definition) is 1. The molecule has 0 spiro atoms. The van der Waals surface area contributed by atoms with Crippen LogP contribution in [0.25, 0.3) is 10.9 Å². The van der Waals surface area contributed by atoms with Crippen LogP contribution in [0.2, 0.25) is 5.15 Å². The minimum atomic E-state index is -1.64. The van der Waals surface area contributed by atoms with Crippen LogP contribution in [-0.4, -0.2) is 46.6 Å². The molecule has 1 aromatic carbocycles. The van der Waals surface area contributed by atoms with Gasteiger partial charge in [0.15, 0.2) is 23.8 Å². The monoisotopic (exact) mass is 375 g/mol. The van der Waals surface area contributed by atoms with Gasteiger partial charge in [-0.15, -0.1) is 6.42 Å². The Morgan fingerprint density at radius 2 is 2.08 bits per heavy atom. The highest BCUT2D eigenvalue weighted by Crippen LogP contribution is 2.43. The molecule has 1 unspecified atom stereocenters. The predicted octanol–water partition coefficient (Wildman–Crippen LogP) is 2.51. The first-order chi connectivity index (χ1) is 12.3. The van der Waals surface area contributed by atoms with E-state index in [1.165, 1.54) is 0 Å². The van der Waals surface area contributed by atoms with Crippen molar-refractivity contribution in [2.75, 3.05) is 6.61 Å². The topological polar surface area (TPSA) is 70.0 Å². The highest BCUT2D eigenvalue weighted by atomic mass is 35.5. The molecule has 0 amide bonds. The number of fused-ring (bicyclic) bond motifs is 2. The number of ether oxygens (including phenoxy) is 4. The van der Waals surface area contributed by atoms with Crippen LogP contribution in [-0.2, 0) is 14.2 Å². The molecule has 0 saturated carbocycles. The zero-order valence-electron chi connectivity index (χ0n) is 14.3. The predicted molar refractivity (Wildman–Crippen MR) is 94.7 cm³/mol. The number of aliphatic hydroxyl groups is 1. The number of benzene rings is 1. The largest absolute Gasteiger partial charge is 0.491 e. The van der Waals surface area contributed by atoms with Crippen LogP contribution in [0.3, 0.4) is 0 Å². The number of nitrogens with zero attached hydrogens (tertiary/aromatic N) is 1. The molecule has 26 heavy (non-hydrogen) atoms. The van der Waals surface area contributed by atoms with Crippen molar-refractivity contribution in [1.82, 2.24) is 4.98 Å². The summed E-state index contributed by atoms with van der Waals surface area (Å²) in [6, 6.07) is 9.05. The first-order valence-electron chi connectivity index (χ1n) is 8.21. The molecule has 7 heteroatoms. The molecule has 4 rings (SSSR count). The Kier molecular flexibility index (Phi) is 4.10. The molecule has 2 fully saturated rings. The summed E-state index contributed by atoms with van der Waals surface area (Å²) in [5.74, 6) is 2.09. The van der Waals surface area contributed by atoms with Crippen LogP contribution in [0, 0.1) is 12.3 Å². The molecule has 3 heterocycles. The second-order valence-corrected chi connectivity index (χ2v) is 7.21. The Morgan fingerprint density at radius 3 is 2.85 bits per heavy atom. The molecule has 4 atom stereocenters. The van der Waals surface area contributed by atoms with Gasteiger partial charge in [0.2, 0.25) is 0 Å². The van der Waals surface area contributed by atoms with Gasteiger partial charge in [0, 0.05) is 11.5 Å². The molecule has 0 aliphatic carbocycles. The van der Waals surface area contributed by atoms with Crippen molar-refractivity contribution in [3.05, 3.63) is 35.5 Å². The molecule has 1 N–H and O–H groups in total. The van der Waals surface area contributed by atoms with Crippen LogP contribution in [0.1, 0.15) is 13.8 Å². The first kappa shape index (κ1) is 17.5. The van der Waals surface area contributed by atoms with Gasteiger partial charge >= 0.3 is 0 Å². The van der Waals surface area contributed by atoms with E-state index >= 15 is 0 Å². The van der Waals surface area contributed by atoms with Gasteiger partial charge in [-0.1, -0.05) is 17.5 Å². The summed E-state index contributed by atoms with van der Waals surface area (Å²) >= 11 is 5.93. The lowest BCUT2D eigenvalue weighted by Crippen LogP contribution is -2.49. The highest BCUT2D eigenvalue weighted by molar-refractivity contribution is 6.29. The average Bonchev–Trinajstić information content (AvgIpc) is 3.04. The minimum absolute atomic E-state index is 0.0346. The van der Waals surface area contributed by atoms with Gasteiger partial charge in [-0.2, -0.15) is 0 Å². The van der Waals surface area contributed by atoms with Gasteiger partial charge in [0.1, 0.15) is 23.6 Å². The second kappa shape index (κ2) is 6.08. The van der Waals surface area contributed by atoms with Crippen LogP contribution in [0.15, 0.2) is 30.3 Å². The van der Waals surface area contributed by atoms with Crippen molar-refractivity contribution >= 4 is 22.5 Å². The Balaban J connectivity index is 1.51. The highest BCUT2D eigenvalue weighted by Gasteiger charge is 2.62. The molecule has 2 aliphatic rings. The Labute approximate surface area is 156 Å². The van der Waals surface area contributed by atoms with Gasteiger partial charge in [0.25, 0.3) is 0 Å². The third-order valence-electron chi connectivity index (χ3n) is 4.54. The van der Waals surface area contributed by atoms with E-state index < -0.39 is 29.9 Å². The fourth-order valence-electron chi connectivity index (χ4n) is 3.25. The lowest BCUT2D eigenvalue weighted by atomic mass is 9.94. The van der Waals surface area contributed by atoms with Gasteiger partial charge < -0.3 is 24.1 Å². The van der Waals surface area contributed by atoms with Gasteiger partial charge in [0.05, 0.1) is 5.52 Å². The van der Waals surface area contributed by atoms with E-state index in [0.717, 1.165) is 5.39 Å². The summed E-state index contributed by atoms with van der Waals surface area (Å²) in [6.45, 7) is 3.52. The number of rotatable bonds is 3. The van der Waals surface area contributed by atoms with E-state index in [4.69, 9.17) is 37.0 Å². The molecular weight excluding hydrogens is 358 g/mol. The summed E-state index contributed by atoms with van der Waals surface area (Å²) in [5, 5.41) is 12.2. The third kappa shape index (κ3) is 2.92. The van der Waals surface area contributed by atoms with Crippen LogP contribution in [0.4, 0.5) is 0 Å². The first-order valence-corrected chi connectivity index (χ1v) is 8.59.